The number of imidazole rings is 1. The molecular weight excluding hydrogens is 368 g/mol. The normalized spacial score (nSPS) is 12.9. The molecule has 1 aliphatic rings. The van der Waals surface area contributed by atoms with Crippen LogP contribution in [0.3, 0.4) is 0 Å². The number of amides is 3. The summed E-state index contributed by atoms with van der Waals surface area (Å²) in [7, 11) is 0. The van der Waals surface area contributed by atoms with E-state index in [1.165, 1.54) is 5.56 Å². The average molecular weight is 390 g/mol. The van der Waals surface area contributed by atoms with Crippen molar-refractivity contribution in [1.29, 1.82) is 0 Å². The summed E-state index contributed by atoms with van der Waals surface area (Å²) in [5.41, 5.74) is 3.29. The Balaban J connectivity index is 1.28. The maximum absolute atomic E-state index is 12.4. The van der Waals surface area contributed by atoms with Crippen LogP contribution in [-0.2, 0) is 24.3 Å². The number of nitrogens with zero attached hydrogens (tertiary/aromatic N) is 4. The fourth-order valence-electron chi connectivity index (χ4n) is 3.38. The smallest absolute Gasteiger partial charge is 0.318 e. The molecule has 2 aromatic heterocycles. The van der Waals surface area contributed by atoms with Gasteiger partial charge in [0, 0.05) is 43.8 Å². The van der Waals surface area contributed by atoms with Gasteiger partial charge in [-0.3, -0.25) is 9.36 Å². The summed E-state index contributed by atoms with van der Waals surface area (Å²) in [5, 5.41) is 5.53. The molecule has 0 unspecified atom stereocenters. The Kier molecular flexibility index (Phi) is 5.51. The van der Waals surface area contributed by atoms with Gasteiger partial charge in [0.1, 0.15) is 12.1 Å². The monoisotopic (exact) mass is 390 g/mol. The highest BCUT2D eigenvalue weighted by molar-refractivity contribution is 5.84. The molecule has 8 nitrogen and oxygen atoms in total. The molecule has 0 saturated carbocycles. The van der Waals surface area contributed by atoms with Crippen LogP contribution < -0.4 is 10.6 Å². The van der Waals surface area contributed by atoms with Gasteiger partial charge in [0.15, 0.2) is 0 Å². The first kappa shape index (κ1) is 18.7. The van der Waals surface area contributed by atoms with Crippen LogP contribution in [0.2, 0.25) is 0 Å². The molecule has 2 N–H and O–H groups in total. The Hall–Kier alpha value is -3.68. The van der Waals surface area contributed by atoms with E-state index < -0.39 is 0 Å². The van der Waals surface area contributed by atoms with Crippen LogP contribution in [0.4, 0.5) is 4.79 Å². The van der Waals surface area contributed by atoms with E-state index in [0.717, 1.165) is 17.5 Å². The second-order valence-corrected chi connectivity index (χ2v) is 6.83. The first-order valence-corrected chi connectivity index (χ1v) is 9.49. The highest BCUT2D eigenvalue weighted by atomic mass is 16.2. The summed E-state index contributed by atoms with van der Waals surface area (Å²) in [4.78, 5) is 34.7. The minimum atomic E-state index is -0.254. The van der Waals surface area contributed by atoms with Gasteiger partial charge in [-0.2, -0.15) is 0 Å². The second-order valence-electron chi connectivity index (χ2n) is 6.83. The van der Waals surface area contributed by atoms with Crippen LogP contribution >= 0.6 is 0 Å². The lowest BCUT2D eigenvalue weighted by atomic mass is 10.0. The van der Waals surface area contributed by atoms with Gasteiger partial charge in [-0.05, 0) is 23.6 Å². The Morgan fingerprint density at radius 2 is 1.90 bits per heavy atom. The number of carbonyl (C=O) groups is 2. The summed E-state index contributed by atoms with van der Waals surface area (Å²) in [5.74, 6) is 0.456. The topological polar surface area (TPSA) is 92.2 Å². The van der Waals surface area contributed by atoms with Crippen LogP contribution in [0.1, 0.15) is 16.7 Å². The summed E-state index contributed by atoms with van der Waals surface area (Å²) >= 11 is 0. The fourth-order valence-corrected chi connectivity index (χ4v) is 3.38. The number of urea groups is 1. The van der Waals surface area contributed by atoms with E-state index in [4.69, 9.17) is 0 Å². The lowest BCUT2D eigenvalue weighted by molar-refractivity contribution is -0.120. The van der Waals surface area contributed by atoms with Crippen molar-refractivity contribution < 1.29 is 9.59 Å². The lowest BCUT2D eigenvalue weighted by Crippen LogP contribution is -2.46. The standard InChI is InChI=1S/C21H22N6O2/c28-19(24-12-17-6-3-8-23-20(17)27-11-9-22-15-27)13-25-21(29)26-10-7-16-4-1-2-5-18(16)14-26/h1-6,8-9,11,15H,7,10,12-14H2,(H,24,28)(H,25,29). The molecule has 148 valence electrons. The number of carbonyl (C=O) groups excluding carboxylic acids is 2. The van der Waals surface area contributed by atoms with Crippen LogP contribution in [0.15, 0.2) is 61.3 Å². The number of benzene rings is 1. The number of rotatable bonds is 5. The molecule has 4 rings (SSSR count). The molecule has 0 radical (unpaired) electrons. The second kappa shape index (κ2) is 8.55. The molecule has 1 aromatic carbocycles. The van der Waals surface area contributed by atoms with E-state index in [-0.39, 0.29) is 18.5 Å². The van der Waals surface area contributed by atoms with Crippen molar-refractivity contribution in [2.75, 3.05) is 13.1 Å². The molecule has 0 spiro atoms. The lowest BCUT2D eigenvalue weighted by Gasteiger charge is -2.28. The summed E-state index contributed by atoms with van der Waals surface area (Å²) in [6.45, 7) is 1.45. The van der Waals surface area contributed by atoms with Crippen molar-refractivity contribution in [3.8, 4) is 5.82 Å². The summed E-state index contributed by atoms with van der Waals surface area (Å²) in [6.07, 6.45) is 7.65. The van der Waals surface area contributed by atoms with Crippen molar-refractivity contribution in [2.45, 2.75) is 19.5 Å². The molecule has 3 heterocycles. The zero-order valence-corrected chi connectivity index (χ0v) is 15.9. The average Bonchev–Trinajstić information content (AvgIpc) is 3.30. The van der Waals surface area contributed by atoms with Gasteiger partial charge < -0.3 is 15.5 Å². The van der Waals surface area contributed by atoms with Crippen LogP contribution in [0.5, 0.6) is 0 Å². The van der Waals surface area contributed by atoms with Gasteiger partial charge in [-0.15, -0.1) is 0 Å². The Labute approximate surface area is 168 Å². The van der Waals surface area contributed by atoms with Crippen LogP contribution in [0.25, 0.3) is 5.82 Å². The quantitative estimate of drug-likeness (QED) is 0.693. The molecule has 1 aliphatic heterocycles. The Bertz CT molecular complexity index is 1000. The highest BCUT2D eigenvalue weighted by Gasteiger charge is 2.20. The third-order valence-electron chi connectivity index (χ3n) is 4.91. The predicted molar refractivity (Wildman–Crippen MR) is 107 cm³/mol. The number of fused-ring (bicyclic) bond motifs is 1. The largest absolute Gasteiger partial charge is 0.350 e. The van der Waals surface area contributed by atoms with E-state index in [2.05, 4.69) is 26.7 Å². The fraction of sp³-hybridized carbons (Fsp3) is 0.238. The minimum Gasteiger partial charge on any atom is -0.350 e. The molecule has 0 aliphatic carbocycles. The predicted octanol–water partition coefficient (Wildman–Crippen LogP) is 1.65. The zero-order chi connectivity index (χ0) is 20.1. The summed E-state index contributed by atoms with van der Waals surface area (Å²) in [6, 6.07) is 11.6. The maximum Gasteiger partial charge on any atom is 0.318 e. The number of hydrogen-bond donors (Lipinski definition) is 2. The molecular formula is C21H22N6O2. The maximum atomic E-state index is 12.4. The Morgan fingerprint density at radius 1 is 1.03 bits per heavy atom. The van der Waals surface area contributed by atoms with Gasteiger partial charge in [0.2, 0.25) is 5.91 Å². The van der Waals surface area contributed by atoms with Crippen LogP contribution in [0, 0.1) is 0 Å². The van der Waals surface area contributed by atoms with Crippen molar-refractivity contribution in [3.63, 3.8) is 0 Å². The van der Waals surface area contributed by atoms with E-state index >= 15 is 0 Å². The molecule has 3 aromatic rings. The molecule has 8 heteroatoms. The van der Waals surface area contributed by atoms with Gasteiger partial charge in [-0.25, -0.2) is 14.8 Å². The zero-order valence-electron chi connectivity index (χ0n) is 15.9. The van der Waals surface area contributed by atoms with Gasteiger partial charge in [0.25, 0.3) is 0 Å². The van der Waals surface area contributed by atoms with Gasteiger partial charge in [-0.1, -0.05) is 30.3 Å². The van der Waals surface area contributed by atoms with Crippen molar-refractivity contribution >= 4 is 11.9 Å². The van der Waals surface area contributed by atoms with Crippen molar-refractivity contribution in [2.24, 2.45) is 0 Å². The van der Waals surface area contributed by atoms with Gasteiger partial charge >= 0.3 is 6.03 Å². The Morgan fingerprint density at radius 3 is 2.72 bits per heavy atom. The number of pyridine rings is 1. The number of nitrogens with one attached hydrogen (secondary N) is 2. The van der Waals surface area contributed by atoms with Crippen molar-refractivity contribution in [1.82, 2.24) is 30.1 Å². The first-order valence-electron chi connectivity index (χ1n) is 9.49. The highest BCUT2D eigenvalue weighted by Crippen LogP contribution is 2.18. The molecule has 0 atom stereocenters. The van der Waals surface area contributed by atoms with Crippen LogP contribution in [-0.4, -0.2) is 44.5 Å². The van der Waals surface area contributed by atoms with Crippen molar-refractivity contribution in [3.05, 3.63) is 78.0 Å². The number of hydrogen-bond acceptors (Lipinski definition) is 4. The van der Waals surface area contributed by atoms with E-state index in [1.54, 1.807) is 34.4 Å². The summed E-state index contributed by atoms with van der Waals surface area (Å²) < 4.78 is 1.79. The first-order chi connectivity index (χ1) is 14.2. The van der Waals surface area contributed by atoms with E-state index in [0.29, 0.717) is 25.5 Å². The number of aromatic nitrogens is 3. The minimum absolute atomic E-state index is 0.0718. The molecule has 0 saturated heterocycles. The van der Waals surface area contributed by atoms with E-state index in [1.807, 2.05) is 30.3 Å². The third-order valence-corrected chi connectivity index (χ3v) is 4.91. The van der Waals surface area contributed by atoms with Gasteiger partial charge in [0.05, 0.1) is 6.54 Å². The molecule has 29 heavy (non-hydrogen) atoms. The SMILES string of the molecule is O=C(CNC(=O)N1CCc2ccccc2C1)NCc1cccnc1-n1ccnc1. The third kappa shape index (κ3) is 4.43. The molecule has 0 bridgehead atoms. The molecule has 3 amide bonds. The molecule has 0 fully saturated rings. The van der Waals surface area contributed by atoms with E-state index in [9.17, 15) is 9.59 Å².